The number of hydrogen-bond donors (Lipinski definition) is 1. The fourth-order valence-corrected chi connectivity index (χ4v) is 4.93. The molecule has 0 aromatic heterocycles. The van der Waals surface area contributed by atoms with Crippen LogP contribution >= 0.6 is 0 Å². The van der Waals surface area contributed by atoms with Gasteiger partial charge in [0.15, 0.2) is 5.60 Å². The van der Waals surface area contributed by atoms with Gasteiger partial charge in [0.05, 0.1) is 17.5 Å². The number of carboxylic acid groups (broad SMARTS) is 1. The molecule has 11 heteroatoms. The Morgan fingerprint density at radius 3 is 2.44 bits per heavy atom. The Morgan fingerprint density at radius 1 is 1.18 bits per heavy atom. The lowest BCUT2D eigenvalue weighted by molar-refractivity contribution is -0.145. The van der Waals surface area contributed by atoms with Crippen LogP contribution in [0.25, 0.3) is 0 Å². The van der Waals surface area contributed by atoms with Crippen molar-refractivity contribution in [1.82, 2.24) is 4.90 Å². The highest BCUT2D eigenvalue weighted by Gasteiger charge is 2.42. The van der Waals surface area contributed by atoms with Crippen LogP contribution in [0, 0.1) is 11.8 Å². The Kier molecular flexibility index (Phi) is 9.15. The molecule has 39 heavy (non-hydrogen) atoms. The first-order valence-corrected chi connectivity index (χ1v) is 13.3. The number of carbonyl (C=O) groups excluding carboxylic acids is 3. The number of amides is 3. The second-order valence-corrected chi connectivity index (χ2v) is 11.5. The fraction of sp³-hybridized carbons (Fsp3) is 0.643. The largest absolute Gasteiger partial charge is 0.481 e. The van der Waals surface area contributed by atoms with Crippen LogP contribution in [0.4, 0.5) is 16.2 Å². The normalized spacial score (nSPS) is 20.6. The van der Waals surface area contributed by atoms with Crippen molar-refractivity contribution in [2.45, 2.75) is 65.6 Å². The molecule has 0 unspecified atom stereocenters. The summed E-state index contributed by atoms with van der Waals surface area (Å²) in [6, 6.07) is 5.24. The number of hydrogen-bond acceptors (Lipinski definition) is 7. The van der Waals surface area contributed by atoms with Crippen molar-refractivity contribution in [3.05, 3.63) is 18.2 Å². The molecule has 0 bridgehead atoms. The third kappa shape index (κ3) is 7.00. The van der Waals surface area contributed by atoms with Gasteiger partial charge in [0.1, 0.15) is 11.4 Å². The number of carbonyl (C=O) groups is 4. The van der Waals surface area contributed by atoms with Gasteiger partial charge < -0.3 is 34.0 Å². The maximum absolute atomic E-state index is 13.8. The van der Waals surface area contributed by atoms with Crippen molar-refractivity contribution < 1.29 is 38.5 Å². The molecule has 1 fully saturated rings. The molecule has 3 rings (SSSR count). The number of benzene rings is 1. The van der Waals surface area contributed by atoms with Crippen LogP contribution < -0.4 is 14.5 Å². The number of nitrogens with zero attached hydrogens (tertiary/aromatic N) is 3. The van der Waals surface area contributed by atoms with Crippen molar-refractivity contribution in [2.75, 3.05) is 49.7 Å². The van der Waals surface area contributed by atoms with Gasteiger partial charge in [-0.1, -0.05) is 0 Å². The highest BCUT2D eigenvalue weighted by molar-refractivity contribution is 6.04. The number of carboxylic acids is 1. The molecule has 0 saturated carbocycles. The average molecular weight is 548 g/mol. The van der Waals surface area contributed by atoms with E-state index < -0.39 is 35.1 Å². The molecule has 2 atom stereocenters. The number of methoxy groups -OCH3 is 1. The summed E-state index contributed by atoms with van der Waals surface area (Å²) < 4.78 is 16.6. The fourth-order valence-electron chi connectivity index (χ4n) is 4.93. The zero-order chi connectivity index (χ0) is 29.1. The van der Waals surface area contributed by atoms with E-state index in [1.165, 1.54) is 4.90 Å². The van der Waals surface area contributed by atoms with Gasteiger partial charge >= 0.3 is 12.1 Å². The number of aliphatic carboxylic acids is 1. The standard InChI is InChI=1S/C28H41N3O8/c1-8-30(23(32)18-14-19(24(33)34)17-29(16-18)26(36)39-27(2,3)4)20-10-11-22-21(15-20)31(12-9-13-37-7)25(35)28(5,6)38-22/h10-11,15,18-19H,8-9,12-14,16-17H2,1-7H3,(H,33,34)/t18-,19+/m1/s1. The summed E-state index contributed by atoms with van der Waals surface area (Å²) in [7, 11) is 1.60. The average Bonchev–Trinajstić information content (AvgIpc) is 2.85. The SMILES string of the molecule is CCN(C(=O)[C@@H]1C[C@H](C(=O)O)CN(C(=O)OC(C)(C)C)C1)c1ccc2c(c1)N(CCCOC)C(=O)C(C)(C)O2. The second kappa shape index (κ2) is 11.8. The van der Waals surface area contributed by atoms with Gasteiger partial charge in [-0.2, -0.15) is 0 Å². The Balaban J connectivity index is 1.90. The lowest BCUT2D eigenvalue weighted by Crippen LogP contribution is -2.53. The zero-order valence-electron chi connectivity index (χ0n) is 24.0. The number of anilines is 2. The molecule has 2 aliphatic heterocycles. The first kappa shape index (κ1) is 30.2. The van der Waals surface area contributed by atoms with E-state index in [0.717, 1.165) is 0 Å². The van der Waals surface area contributed by atoms with E-state index in [4.69, 9.17) is 14.2 Å². The molecule has 0 radical (unpaired) electrons. The van der Waals surface area contributed by atoms with Gasteiger partial charge in [-0.15, -0.1) is 0 Å². The zero-order valence-corrected chi connectivity index (χ0v) is 24.0. The maximum atomic E-state index is 13.8. The van der Waals surface area contributed by atoms with E-state index in [1.54, 1.807) is 69.7 Å². The van der Waals surface area contributed by atoms with Gasteiger partial charge in [0.25, 0.3) is 5.91 Å². The van der Waals surface area contributed by atoms with E-state index in [-0.39, 0.29) is 31.3 Å². The summed E-state index contributed by atoms with van der Waals surface area (Å²) in [6.07, 6.45) is 0.0823. The van der Waals surface area contributed by atoms with Gasteiger partial charge in [-0.3, -0.25) is 14.4 Å². The summed E-state index contributed by atoms with van der Waals surface area (Å²) in [5, 5.41) is 9.74. The van der Waals surface area contributed by atoms with E-state index in [2.05, 4.69) is 0 Å². The molecule has 11 nitrogen and oxygen atoms in total. The lowest BCUT2D eigenvalue weighted by atomic mass is 9.88. The predicted octanol–water partition coefficient (Wildman–Crippen LogP) is 3.54. The molecule has 1 N–H and O–H groups in total. The summed E-state index contributed by atoms with van der Waals surface area (Å²) >= 11 is 0. The molecule has 1 saturated heterocycles. The Hall–Kier alpha value is -3.34. The molecule has 0 spiro atoms. The summed E-state index contributed by atoms with van der Waals surface area (Å²) in [5.74, 6) is -2.66. The highest BCUT2D eigenvalue weighted by Crippen LogP contribution is 2.41. The summed E-state index contributed by atoms with van der Waals surface area (Å²) in [6.45, 7) is 11.7. The monoisotopic (exact) mass is 547 g/mol. The van der Waals surface area contributed by atoms with Crippen molar-refractivity contribution in [2.24, 2.45) is 11.8 Å². The molecular weight excluding hydrogens is 506 g/mol. The lowest BCUT2D eigenvalue weighted by Gasteiger charge is -2.40. The molecule has 0 aliphatic carbocycles. The smallest absolute Gasteiger partial charge is 0.410 e. The molecule has 3 amide bonds. The Labute approximate surface area is 230 Å². The van der Waals surface area contributed by atoms with Crippen LogP contribution in [0.2, 0.25) is 0 Å². The highest BCUT2D eigenvalue weighted by atomic mass is 16.6. The van der Waals surface area contributed by atoms with Crippen LogP contribution in [0.15, 0.2) is 18.2 Å². The number of fused-ring (bicyclic) bond motifs is 1. The molecule has 1 aromatic rings. The third-order valence-corrected chi connectivity index (χ3v) is 6.78. The van der Waals surface area contributed by atoms with Crippen LogP contribution in [-0.2, 0) is 23.9 Å². The van der Waals surface area contributed by atoms with Crippen molar-refractivity contribution in [1.29, 1.82) is 0 Å². The van der Waals surface area contributed by atoms with Gasteiger partial charge in [0, 0.05) is 45.6 Å². The van der Waals surface area contributed by atoms with Crippen LogP contribution in [0.3, 0.4) is 0 Å². The quantitative estimate of drug-likeness (QED) is 0.490. The van der Waals surface area contributed by atoms with Crippen LogP contribution in [0.5, 0.6) is 5.75 Å². The summed E-state index contributed by atoms with van der Waals surface area (Å²) in [5.41, 5.74) is -0.688. The van der Waals surface area contributed by atoms with E-state index in [9.17, 15) is 24.3 Å². The van der Waals surface area contributed by atoms with Gasteiger partial charge in [-0.05, 0) is 72.6 Å². The third-order valence-electron chi connectivity index (χ3n) is 6.78. The topological polar surface area (TPSA) is 126 Å². The summed E-state index contributed by atoms with van der Waals surface area (Å²) in [4.78, 5) is 56.2. The van der Waals surface area contributed by atoms with Crippen LogP contribution in [0.1, 0.15) is 54.4 Å². The second-order valence-electron chi connectivity index (χ2n) is 11.5. The van der Waals surface area contributed by atoms with Gasteiger partial charge in [-0.25, -0.2) is 4.79 Å². The minimum absolute atomic E-state index is 0.0231. The first-order chi connectivity index (χ1) is 18.2. The minimum Gasteiger partial charge on any atom is -0.481 e. The van der Waals surface area contributed by atoms with Crippen molar-refractivity contribution in [3.8, 4) is 5.75 Å². The minimum atomic E-state index is -1.07. The molecule has 2 heterocycles. The Bertz CT molecular complexity index is 1100. The maximum Gasteiger partial charge on any atom is 0.410 e. The van der Waals surface area contributed by atoms with Crippen LogP contribution in [-0.4, -0.2) is 85.0 Å². The van der Waals surface area contributed by atoms with E-state index >= 15 is 0 Å². The molecular formula is C28H41N3O8. The molecule has 1 aromatic carbocycles. The molecule has 2 aliphatic rings. The van der Waals surface area contributed by atoms with Crippen molar-refractivity contribution in [3.63, 3.8) is 0 Å². The number of likely N-dealkylation sites (tertiary alicyclic amines) is 1. The molecule has 216 valence electrons. The van der Waals surface area contributed by atoms with E-state index in [0.29, 0.717) is 43.2 Å². The first-order valence-electron chi connectivity index (χ1n) is 13.3. The van der Waals surface area contributed by atoms with Gasteiger partial charge in [0.2, 0.25) is 5.91 Å². The number of piperidine rings is 1. The Morgan fingerprint density at radius 2 is 1.85 bits per heavy atom. The van der Waals surface area contributed by atoms with E-state index in [1.807, 2.05) is 6.92 Å². The predicted molar refractivity (Wildman–Crippen MR) is 145 cm³/mol. The number of rotatable bonds is 8. The number of ether oxygens (including phenoxy) is 3. The van der Waals surface area contributed by atoms with Crippen molar-refractivity contribution >= 4 is 35.3 Å².